The molecule has 0 spiro atoms. The molecular formula is C58H66N8O9. The Labute approximate surface area is 437 Å². The lowest BCUT2D eigenvalue weighted by molar-refractivity contribution is -0.136. The van der Waals surface area contributed by atoms with E-state index in [9.17, 15) is 33.6 Å². The van der Waals surface area contributed by atoms with Gasteiger partial charge in [0.05, 0.1) is 37.6 Å². The average Bonchev–Trinajstić information content (AvgIpc) is 3.65. The van der Waals surface area contributed by atoms with Gasteiger partial charge in [-0.05, 0) is 78.3 Å². The second-order valence-electron chi connectivity index (χ2n) is 20.3. The zero-order valence-corrected chi connectivity index (χ0v) is 43.5. The molecule has 392 valence electrons. The fourth-order valence-electron chi connectivity index (χ4n) is 9.56. The SMILES string of the molecule is C=C1c2cccc(NCC(=O)CCCOCCOCCN3CCN(C(=O)c4ccc(Cc5nc(-c6cccc(NC(=O)c7ccc(C(C)(C)C)cc7)c6C)cn(C)c5=O)cc4)CC3)c2C(=O)N1C1CCC(=O)NC1=O. The Morgan fingerprint density at radius 2 is 1.48 bits per heavy atom. The van der Waals surface area contributed by atoms with Gasteiger partial charge in [-0.3, -0.25) is 48.7 Å². The highest BCUT2D eigenvalue weighted by Crippen LogP contribution is 2.39. The first-order valence-corrected chi connectivity index (χ1v) is 25.6. The van der Waals surface area contributed by atoms with E-state index in [2.05, 4.69) is 48.2 Å². The lowest BCUT2D eigenvalue weighted by Gasteiger charge is -2.34. The molecule has 5 aromatic rings. The summed E-state index contributed by atoms with van der Waals surface area (Å²) in [4.78, 5) is 101. The van der Waals surface area contributed by atoms with Crippen LogP contribution in [0.1, 0.15) is 105 Å². The molecule has 2 saturated heterocycles. The Hall–Kier alpha value is -7.60. The van der Waals surface area contributed by atoms with Gasteiger partial charge in [0.2, 0.25) is 11.8 Å². The number of ether oxygens (including phenoxy) is 2. The maximum atomic E-state index is 13.5. The fraction of sp³-hybridized carbons (Fsp3) is 0.379. The van der Waals surface area contributed by atoms with Crippen molar-refractivity contribution in [2.75, 3.05) is 76.3 Å². The minimum absolute atomic E-state index is 0.0186. The number of Topliss-reactive ketones (excluding diaryl/α,β-unsaturated/α-hetero) is 1. The second-order valence-corrected chi connectivity index (χ2v) is 20.3. The number of aromatic nitrogens is 2. The maximum Gasteiger partial charge on any atom is 0.272 e. The fourth-order valence-corrected chi connectivity index (χ4v) is 9.56. The zero-order chi connectivity index (χ0) is 53.4. The Morgan fingerprint density at radius 1 is 0.813 bits per heavy atom. The first kappa shape index (κ1) is 53.7. The Morgan fingerprint density at radius 3 is 2.17 bits per heavy atom. The van der Waals surface area contributed by atoms with Gasteiger partial charge in [0.25, 0.3) is 23.3 Å². The first-order chi connectivity index (χ1) is 36.0. The molecule has 3 N–H and O–H groups in total. The van der Waals surface area contributed by atoms with Crippen LogP contribution in [0.4, 0.5) is 11.4 Å². The summed E-state index contributed by atoms with van der Waals surface area (Å²) in [6, 6.07) is 25.0. The standard InChI is InChI=1S/C58H66N8O9/c1-37-44(11-7-13-46(37)61-53(69)40-19-21-42(22-20-40)58(3,4)5)49-36-63(6)56(72)48(60-49)34-39-15-17-41(18-16-39)55(71)65-27-25-64(26-28-65)29-31-75-33-32-74-30-9-10-43(67)35-59-47-14-8-12-45-38(2)66(57(73)52(45)47)50-23-24-51(68)62-54(50)70/h7-8,11-22,36,50,59H,2,9-10,23-35H2,1,3-6H3,(H,61,69)(H,62,68,70). The van der Waals surface area contributed by atoms with E-state index in [1.165, 1.54) is 9.47 Å². The van der Waals surface area contributed by atoms with Gasteiger partial charge in [0.1, 0.15) is 11.7 Å². The Balaban J connectivity index is 0.713. The molecule has 4 aromatic carbocycles. The molecule has 0 bridgehead atoms. The minimum atomic E-state index is -0.825. The van der Waals surface area contributed by atoms with Crippen LogP contribution in [0, 0.1) is 6.92 Å². The molecule has 3 aliphatic rings. The summed E-state index contributed by atoms with van der Waals surface area (Å²) < 4.78 is 13.0. The topological polar surface area (TPSA) is 202 Å². The number of amides is 5. The van der Waals surface area contributed by atoms with Crippen molar-refractivity contribution < 1.29 is 38.2 Å². The average molecular weight is 1020 g/mol. The van der Waals surface area contributed by atoms with Crippen molar-refractivity contribution in [1.29, 1.82) is 0 Å². The van der Waals surface area contributed by atoms with Gasteiger partial charge in [0, 0.05) is 111 Å². The number of ketones is 1. The number of carbonyl (C=O) groups excluding carboxylic acids is 6. The number of carbonyl (C=O) groups is 6. The van der Waals surface area contributed by atoms with E-state index < -0.39 is 17.9 Å². The number of piperidine rings is 1. The molecule has 1 aromatic heterocycles. The predicted molar refractivity (Wildman–Crippen MR) is 287 cm³/mol. The number of hydrogen-bond acceptors (Lipinski definition) is 12. The lowest BCUT2D eigenvalue weighted by Crippen LogP contribution is -2.52. The van der Waals surface area contributed by atoms with Gasteiger partial charge in [-0.2, -0.15) is 0 Å². The predicted octanol–water partition coefficient (Wildman–Crippen LogP) is 6.38. The number of aryl methyl sites for hydroxylation is 1. The number of nitrogens with zero attached hydrogens (tertiary/aromatic N) is 5. The molecule has 5 amide bonds. The van der Waals surface area contributed by atoms with E-state index in [1.807, 2.05) is 66.4 Å². The quantitative estimate of drug-likeness (QED) is 0.0575. The van der Waals surface area contributed by atoms with Crippen LogP contribution in [0.2, 0.25) is 0 Å². The highest BCUT2D eigenvalue weighted by atomic mass is 16.5. The van der Waals surface area contributed by atoms with Crippen molar-refractivity contribution in [2.45, 2.75) is 71.3 Å². The van der Waals surface area contributed by atoms with E-state index in [-0.39, 0.29) is 66.7 Å². The van der Waals surface area contributed by atoms with Gasteiger partial charge in [-0.25, -0.2) is 4.98 Å². The summed E-state index contributed by atoms with van der Waals surface area (Å²) in [5.41, 5.74) is 7.95. The zero-order valence-electron chi connectivity index (χ0n) is 43.5. The van der Waals surface area contributed by atoms with Gasteiger partial charge < -0.3 is 29.6 Å². The highest BCUT2D eigenvalue weighted by Gasteiger charge is 2.42. The van der Waals surface area contributed by atoms with Crippen LogP contribution in [-0.2, 0) is 42.7 Å². The van der Waals surface area contributed by atoms with E-state index in [0.717, 1.165) is 41.9 Å². The number of nitrogens with one attached hydrogen (secondary N) is 3. The normalized spacial score (nSPS) is 16.0. The molecule has 0 saturated carbocycles. The van der Waals surface area contributed by atoms with Crippen LogP contribution in [0.5, 0.6) is 0 Å². The maximum absolute atomic E-state index is 13.5. The molecule has 1 atom stereocenters. The molecule has 8 rings (SSSR count). The molecular weight excluding hydrogens is 953 g/mol. The van der Waals surface area contributed by atoms with Gasteiger partial charge in [0.15, 0.2) is 5.78 Å². The van der Waals surface area contributed by atoms with Crippen molar-refractivity contribution in [3.05, 3.63) is 153 Å². The molecule has 75 heavy (non-hydrogen) atoms. The molecule has 17 heteroatoms. The smallest absolute Gasteiger partial charge is 0.272 e. The summed E-state index contributed by atoms with van der Waals surface area (Å²) in [7, 11) is 1.70. The molecule has 2 fully saturated rings. The molecule has 4 heterocycles. The number of fused-ring (bicyclic) bond motifs is 1. The number of imide groups is 1. The third kappa shape index (κ3) is 12.8. The van der Waals surface area contributed by atoms with Gasteiger partial charge in [-0.1, -0.05) is 75.9 Å². The molecule has 1 unspecified atom stereocenters. The summed E-state index contributed by atoms with van der Waals surface area (Å²) in [6.07, 6.45) is 3.15. The van der Waals surface area contributed by atoms with Crippen molar-refractivity contribution in [1.82, 2.24) is 29.6 Å². The van der Waals surface area contributed by atoms with Crippen molar-refractivity contribution in [2.24, 2.45) is 7.05 Å². The highest BCUT2D eigenvalue weighted by molar-refractivity contribution is 6.15. The van der Waals surface area contributed by atoms with Crippen LogP contribution in [-0.4, -0.2) is 131 Å². The summed E-state index contributed by atoms with van der Waals surface area (Å²) >= 11 is 0. The number of rotatable bonds is 20. The second kappa shape index (κ2) is 23.7. The van der Waals surface area contributed by atoms with Crippen molar-refractivity contribution >= 4 is 52.4 Å². The van der Waals surface area contributed by atoms with E-state index in [4.69, 9.17) is 14.5 Å². The summed E-state index contributed by atoms with van der Waals surface area (Å²) in [5.74, 6) is -1.59. The van der Waals surface area contributed by atoms with E-state index in [0.29, 0.717) is 96.7 Å². The Bertz CT molecular complexity index is 3040. The molecule has 17 nitrogen and oxygen atoms in total. The van der Waals surface area contributed by atoms with Crippen LogP contribution >= 0.6 is 0 Å². The first-order valence-electron chi connectivity index (χ1n) is 25.6. The van der Waals surface area contributed by atoms with Crippen LogP contribution < -0.4 is 21.5 Å². The molecule has 0 radical (unpaired) electrons. The lowest BCUT2D eigenvalue weighted by atomic mass is 9.86. The summed E-state index contributed by atoms with van der Waals surface area (Å²) in [5, 5.41) is 8.43. The van der Waals surface area contributed by atoms with Crippen LogP contribution in [0.3, 0.4) is 0 Å². The molecule has 0 aliphatic carbocycles. The van der Waals surface area contributed by atoms with Gasteiger partial charge in [-0.15, -0.1) is 0 Å². The van der Waals surface area contributed by atoms with Crippen molar-refractivity contribution in [3.63, 3.8) is 0 Å². The Kier molecular flexibility index (Phi) is 17.0. The minimum Gasteiger partial charge on any atom is -0.379 e. The number of benzene rings is 4. The molecule has 3 aliphatic heterocycles. The third-order valence-electron chi connectivity index (χ3n) is 14.0. The van der Waals surface area contributed by atoms with Crippen LogP contribution in [0.15, 0.2) is 102 Å². The summed E-state index contributed by atoms with van der Waals surface area (Å²) in [6.45, 7) is 17.4. The number of anilines is 2. The largest absolute Gasteiger partial charge is 0.379 e. The third-order valence-corrected chi connectivity index (χ3v) is 14.0. The monoisotopic (exact) mass is 1020 g/mol. The van der Waals surface area contributed by atoms with E-state index >= 15 is 0 Å². The van der Waals surface area contributed by atoms with Crippen LogP contribution in [0.25, 0.3) is 17.0 Å². The van der Waals surface area contributed by atoms with Gasteiger partial charge >= 0.3 is 0 Å². The van der Waals surface area contributed by atoms with Crippen molar-refractivity contribution in [3.8, 4) is 11.3 Å². The number of hydrogen-bond donors (Lipinski definition) is 3. The van der Waals surface area contributed by atoms with E-state index in [1.54, 1.807) is 43.6 Å². The number of piperazine rings is 1.